The number of carbonyl (C=O) groups is 1. The zero-order valence-corrected chi connectivity index (χ0v) is 11.1. The lowest BCUT2D eigenvalue weighted by Crippen LogP contribution is -2.17. The summed E-state index contributed by atoms with van der Waals surface area (Å²) in [6, 6.07) is 7.26. The SMILES string of the molecule is O=C1CCCCC1c1nc(-c2cccc(Cl)c2)no1. The zero-order chi connectivity index (χ0) is 13.2. The quantitative estimate of drug-likeness (QED) is 0.841. The second-order valence-corrected chi connectivity index (χ2v) is 5.17. The Morgan fingerprint density at radius 1 is 1.32 bits per heavy atom. The normalized spacial score (nSPS) is 19.6. The van der Waals surface area contributed by atoms with Crippen LogP contribution in [0.5, 0.6) is 0 Å². The molecule has 2 aromatic rings. The van der Waals surface area contributed by atoms with Crippen molar-refractivity contribution in [1.82, 2.24) is 10.1 Å². The van der Waals surface area contributed by atoms with Crippen molar-refractivity contribution in [2.24, 2.45) is 0 Å². The maximum Gasteiger partial charge on any atom is 0.237 e. The van der Waals surface area contributed by atoms with Crippen LogP contribution in [0.2, 0.25) is 5.02 Å². The second kappa shape index (κ2) is 5.13. The van der Waals surface area contributed by atoms with Crippen LogP contribution in [-0.4, -0.2) is 15.9 Å². The van der Waals surface area contributed by atoms with Crippen molar-refractivity contribution in [2.45, 2.75) is 31.6 Å². The Bertz CT molecular complexity index is 609. The molecule has 3 rings (SSSR count). The van der Waals surface area contributed by atoms with Crippen molar-refractivity contribution >= 4 is 17.4 Å². The topological polar surface area (TPSA) is 56.0 Å². The fourth-order valence-corrected chi connectivity index (χ4v) is 2.56. The van der Waals surface area contributed by atoms with Crippen LogP contribution in [0.3, 0.4) is 0 Å². The van der Waals surface area contributed by atoms with Gasteiger partial charge in [0.15, 0.2) is 0 Å². The Balaban J connectivity index is 1.89. The van der Waals surface area contributed by atoms with Gasteiger partial charge < -0.3 is 4.52 Å². The highest BCUT2D eigenvalue weighted by Gasteiger charge is 2.29. The molecule has 5 heteroatoms. The summed E-state index contributed by atoms with van der Waals surface area (Å²) in [5, 5.41) is 4.56. The van der Waals surface area contributed by atoms with Crippen LogP contribution in [0.4, 0.5) is 0 Å². The van der Waals surface area contributed by atoms with E-state index in [9.17, 15) is 4.79 Å². The number of carbonyl (C=O) groups excluding carboxylic acids is 1. The first-order chi connectivity index (χ1) is 9.24. The summed E-state index contributed by atoms with van der Waals surface area (Å²) in [5.41, 5.74) is 0.797. The van der Waals surface area contributed by atoms with Gasteiger partial charge in [-0.25, -0.2) is 0 Å². The molecule has 0 amide bonds. The molecular weight excluding hydrogens is 264 g/mol. The number of aromatic nitrogens is 2. The first-order valence-electron chi connectivity index (χ1n) is 6.36. The molecule has 1 saturated carbocycles. The van der Waals surface area contributed by atoms with Gasteiger partial charge in [0.1, 0.15) is 5.78 Å². The first kappa shape index (κ1) is 12.4. The van der Waals surface area contributed by atoms with Gasteiger partial charge >= 0.3 is 0 Å². The fourth-order valence-electron chi connectivity index (χ4n) is 2.37. The van der Waals surface area contributed by atoms with E-state index in [0.29, 0.717) is 23.2 Å². The average Bonchev–Trinajstić information content (AvgIpc) is 2.89. The standard InChI is InChI=1S/C14H13ClN2O2/c15-10-5-3-4-9(8-10)13-16-14(19-17-13)11-6-1-2-7-12(11)18/h3-5,8,11H,1-2,6-7H2. The molecule has 4 nitrogen and oxygen atoms in total. The average molecular weight is 277 g/mol. The summed E-state index contributed by atoms with van der Waals surface area (Å²) in [7, 11) is 0. The molecule has 1 unspecified atom stereocenters. The molecule has 1 atom stereocenters. The Hall–Kier alpha value is -1.68. The lowest BCUT2D eigenvalue weighted by molar-refractivity contribution is -0.122. The maximum atomic E-state index is 11.8. The van der Waals surface area contributed by atoms with Gasteiger partial charge in [-0.1, -0.05) is 35.3 Å². The number of halogens is 1. The van der Waals surface area contributed by atoms with Crippen molar-refractivity contribution in [2.75, 3.05) is 0 Å². The van der Waals surface area contributed by atoms with Crippen LogP contribution < -0.4 is 0 Å². The van der Waals surface area contributed by atoms with Gasteiger partial charge in [0.05, 0.1) is 5.92 Å². The van der Waals surface area contributed by atoms with Crippen molar-refractivity contribution in [3.8, 4) is 11.4 Å². The molecule has 0 spiro atoms. The van der Waals surface area contributed by atoms with E-state index in [2.05, 4.69) is 10.1 Å². The summed E-state index contributed by atoms with van der Waals surface area (Å²) >= 11 is 5.93. The van der Waals surface area contributed by atoms with Gasteiger partial charge in [-0.05, 0) is 25.0 Å². The molecule has 1 aliphatic rings. The predicted octanol–water partition coefficient (Wildman–Crippen LogP) is 3.62. The summed E-state index contributed by atoms with van der Waals surface area (Å²) in [6.07, 6.45) is 3.41. The van der Waals surface area contributed by atoms with E-state index in [1.165, 1.54) is 0 Å². The lowest BCUT2D eigenvalue weighted by atomic mass is 9.88. The Labute approximate surface area is 115 Å². The molecule has 1 heterocycles. The van der Waals surface area contributed by atoms with Crippen LogP contribution >= 0.6 is 11.6 Å². The van der Waals surface area contributed by atoms with Crippen LogP contribution in [0.25, 0.3) is 11.4 Å². The van der Waals surface area contributed by atoms with Crippen molar-refractivity contribution in [3.05, 3.63) is 35.2 Å². The lowest BCUT2D eigenvalue weighted by Gasteiger charge is -2.16. The fraction of sp³-hybridized carbons (Fsp3) is 0.357. The van der Waals surface area contributed by atoms with Gasteiger partial charge in [0, 0.05) is 17.0 Å². The number of Topliss-reactive ketones (excluding diaryl/α,β-unsaturated/α-hetero) is 1. The molecule has 1 aliphatic carbocycles. The Morgan fingerprint density at radius 2 is 2.21 bits per heavy atom. The molecule has 98 valence electrons. The first-order valence-corrected chi connectivity index (χ1v) is 6.74. The predicted molar refractivity (Wildman–Crippen MR) is 71.0 cm³/mol. The molecule has 0 N–H and O–H groups in total. The van der Waals surface area contributed by atoms with Crippen molar-refractivity contribution in [3.63, 3.8) is 0 Å². The number of ketones is 1. The van der Waals surface area contributed by atoms with Gasteiger partial charge in [0.25, 0.3) is 0 Å². The molecular formula is C14H13ClN2O2. The third kappa shape index (κ3) is 2.54. The van der Waals surface area contributed by atoms with E-state index < -0.39 is 0 Å². The van der Waals surface area contributed by atoms with Crippen LogP contribution in [0.15, 0.2) is 28.8 Å². The molecule has 1 aromatic carbocycles. The van der Waals surface area contributed by atoms with Gasteiger partial charge in [-0.2, -0.15) is 4.98 Å². The number of hydrogen-bond donors (Lipinski definition) is 0. The monoisotopic (exact) mass is 276 g/mol. The van der Waals surface area contributed by atoms with E-state index in [1.54, 1.807) is 12.1 Å². The van der Waals surface area contributed by atoms with E-state index in [0.717, 1.165) is 24.8 Å². The molecule has 19 heavy (non-hydrogen) atoms. The minimum atomic E-state index is -0.228. The van der Waals surface area contributed by atoms with Crippen molar-refractivity contribution in [1.29, 1.82) is 0 Å². The maximum absolute atomic E-state index is 11.8. The van der Waals surface area contributed by atoms with Gasteiger partial charge in [0.2, 0.25) is 11.7 Å². The van der Waals surface area contributed by atoms with Crippen LogP contribution in [-0.2, 0) is 4.79 Å². The molecule has 0 radical (unpaired) electrons. The van der Waals surface area contributed by atoms with Gasteiger partial charge in [-0.3, -0.25) is 4.79 Å². The molecule has 0 bridgehead atoms. The molecule has 1 fully saturated rings. The highest BCUT2D eigenvalue weighted by atomic mass is 35.5. The number of hydrogen-bond acceptors (Lipinski definition) is 4. The summed E-state index contributed by atoms with van der Waals surface area (Å²) in [6.45, 7) is 0. The minimum absolute atomic E-state index is 0.201. The zero-order valence-electron chi connectivity index (χ0n) is 10.3. The summed E-state index contributed by atoms with van der Waals surface area (Å²) < 4.78 is 5.24. The minimum Gasteiger partial charge on any atom is -0.338 e. The van der Waals surface area contributed by atoms with E-state index >= 15 is 0 Å². The smallest absolute Gasteiger partial charge is 0.237 e. The largest absolute Gasteiger partial charge is 0.338 e. The van der Waals surface area contributed by atoms with E-state index in [4.69, 9.17) is 16.1 Å². The highest BCUT2D eigenvalue weighted by molar-refractivity contribution is 6.30. The molecule has 0 saturated heterocycles. The highest BCUT2D eigenvalue weighted by Crippen LogP contribution is 2.30. The molecule has 1 aromatic heterocycles. The molecule has 0 aliphatic heterocycles. The number of rotatable bonds is 2. The number of nitrogens with zero attached hydrogens (tertiary/aromatic N) is 2. The van der Waals surface area contributed by atoms with Gasteiger partial charge in [-0.15, -0.1) is 0 Å². The van der Waals surface area contributed by atoms with E-state index in [1.807, 2.05) is 12.1 Å². The summed E-state index contributed by atoms with van der Waals surface area (Å²) in [4.78, 5) is 16.2. The third-order valence-corrected chi connectivity index (χ3v) is 3.61. The third-order valence-electron chi connectivity index (χ3n) is 3.38. The van der Waals surface area contributed by atoms with Crippen LogP contribution in [0, 0.1) is 0 Å². The number of benzene rings is 1. The Morgan fingerprint density at radius 3 is 3.00 bits per heavy atom. The second-order valence-electron chi connectivity index (χ2n) is 4.73. The summed E-state index contributed by atoms with van der Waals surface area (Å²) in [5.74, 6) is 0.886. The van der Waals surface area contributed by atoms with Crippen LogP contribution in [0.1, 0.15) is 37.5 Å². The van der Waals surface area contributed by atoms with Crippen molar-refractivity contribution < 1.29 is 9.32 Å². The Kier molecular flexibility index (Phi) is 3.34. The van der Waals surface area contributed by atoms with E-state index in [-0.39, 0.29) is 11.7 Å².